The third-order valence-corrected chi connectivity index (χ3v) is 2.69. The van der Waals surface area contributed by atoms with Crippen LogP contribution in [0.3, 0.4) is 0 Å². The van der Waals surface area contributed by atoms with Crippen molar-refractivity contribution in [3.05, 3.63) is 0 Å². The zero-order chi connectivity index (χ0) is 12.9. The van der Waals surface area contributed by atoms with Gasteiger partial charge in [-0.15, -0.1) is 0 Å². The van der Waals surface area contributed by atoms with Crippen molar-refractivity contribution in [3.63, 3.8) is 0 Å². The summed E-state index contributed by atoms with van der Waals surface area (Å²) in [5.74, 6) is -0.446. The molecular formula is C10H19N3O4. The Hall–Kier alpha value is -1.34. The topological polar surface area (TPSA) is 106 Å². The second-order valence-corrected chi connectivity index (χ2v) is 4.39. The number of nitrogens with one attached hydrogen (secondary N) is 1. The van der Waals surface area contributed by atoms with Gasteiger partial charge in [0, 0.05) is 6.54 Å². The average Bonchev–Trinajstić information content (AvgIpc) is 2.35. The maximum Gasteiger partial charge on any atom is 0.233 e. The Balaban J connectivity index is 2.43. The third kappa shape index (κ3) is 3.57. The summed E-state index contributed by atoms with van der Waals surface area (Å²) in [5.41, 5.74) is 4.39. The van der Waals surface area contributed by atoms with Crippen molar-refractivity contribution in [2.45, 2.75) is 20.0 Å². The van der Waals surface area contributed by atoms with E-state index in [1.807, 2.05) is 0 Å². The molecule has 0 aliphatic carbocycles. The van der Waals surface area contributed by atoms with E-state index >= 15 is 0 Å². The van der Waals surface area contributed by atoms with Crippen LogP contribution in [0.2, 0.25) is 0 Å². The molecule has 17 heavy (non-hydrogen) atoms. The van der Waals surface area contributed by atoms with Crippen LogP contribution in [0.15, 0.2) is 5.16 Å². The van der Waals surface area contributed by atoms with Gasteiger partial charge >= 0.3 is 0 Å². The monoisotopic (exact) mass is 245 g/mol. The minimum atomic E-state index is -1.05. The van der Waals surface area contributed by atoms with Crippen molar-refractivity contribution in [3.8, 4) is 0 Å². The van der Waals surface area contributed by atoms with Gasteiger partial charge in [0.2, 0.25) is 5.91 Å². The molecule has 1 amide bonds. The smallest absolute Gasteiger partial charge is 0.233 e. The van der Waals surface area contributed by atoms with Gasteiger partial charge in [0.15, 0.2) is 5.84 Å². The van der Waals surface area contributed by atoms with E-state index in [1.165, 1.54) is 0 Å². The van der Waals surface area contributed by atoms with Gasteiger partial charge in [-0.3, -0.25) is 4.79 Å². The number of carbonyl (C=O) groups is 1. The summed E-state index contributed by atoms with van der Waals surface area (Å²) >= 11 is 0. The predicted octanol–water partition coefficient (Wildman–Crippen LogP) is -0.709. The highest BCUT2D eigenvalue weighted by molar-refractivity contribution is 6.05. The number of amidine groups is 1. The molecule has 7 nitrogen and oxygen atoms in total. The van der Waals surface area contributed by atoms with Crippen LogP contribution in [0, 0.1) is 5.41 Å². The summed E-state index contributed by atoms with van der Waals surface area (Å²) in [6.45, 7) is 5.08. The van der Waals surface area contributed by atoms with Crippen molar-refractivity contribution < 1.29 is 19.5 Å². The van der Waals surface area contributed by atoms with Crippen LogP contribution in [0.4, 0.5) is 0 Å². The van der Waals surface area contributed by atoms with E-state index in [2.05, 4.69) is 10.5 Å². The summed E-state index contributed by atoms with van der Waals surface area (Å²) in [7, 11) is 0. The molecule has 1 rings (SSSR count). The summed E-state index contributed by atoms with van der Waals surface area (Å²) in [6, 6.07) is 0. The molecule has 0 aromatic rings. The molecule has 0 bridgehead atoms. The molecule has 0 saturated carbocycles. The van der Waals surface area contributed by atoms with Gasteiger partial charge in [0.05, 0.1) is 25.9 Å². The van der Waals surface area contributed by atoms with Gasteiger partial charge in [-0.2, -0.15) is 0 Å². The molecule has 1 aliphatic rings. The Morgan fingerprint density at radius 2 is 2.29 bits per heavy atom. The van der Waals surface area contributed by atoms with Crippen molar-refractivity contribution in [2.24, 2.45) is 16.3 Å². The van der Waals surface area contributed by atoms with Gasteiger partial charge in [0.25, 0.3) is 0 Å². The zero-order valence-electron chi connectivity index (χ0n) is 10.1. The number of nitrogens with two attached hydrogens (primary N) is 1. The van der Waals surface area contributed by atoms with E-state index in [-0.39, 0.29) is 17.8 Å². The molecule has 98 valence electrons. The van der Waals surface area contributed by atoms with Gasteiger partial charge in [-0.1, -0.05) is 5.16 Å². The zero-order valence-corrected chi connectivity index (χ0v) is 10.1. The molecule has 0 radical (unpaired) electrons. The van der Waals surface area contributed by atoms with Crippen LogP contribution in [-0.4, -0.2) is 49.4 Å². The molecule has 7 heteroatoms. The molecule has 1 fully saturated rings. The van der Waals surface area contributed by atoms with E-state index in [1.54, 1.807) is 13.8 Å². The Labute approximate surface area is 99.9 Å². The molecule has 0 aromatic carbocycles. The largest absolute Gasteiger partial charge is 0.409 e. The number of ether oxygens (including phenoxy) is 2. The Morgan fingerprint density at radius 3 is 2.82 bits per heavy atom. The minimum Gasteiger partial charge on any atom is -0.409 e. The number of nitrogens with zero attached hydrogens (tertiary/aromatic N) is 1. The predicted molar refractivity (Wildman–Crippen MR) is 60.8 cm³/mol. The SMILES string of the molecule is CC(C)(C(=O)NCC1COCCO1)C(N)=NO. The standard InChI is InChI=1S/C10H19N3O4/c1-10(2,8(11)13-15)9(14)12-5-7-6-16-3-4-17-7/h7,15H,3-6H2,1-2H3,(H2,11,13)(H,12,14). The van der Waals surface area contributed by atoms with Crippen molar-refractivity contribution >= 4 is 11.7 Å². The lowest BCUT2D eigenvalue weighted by Crippen LogP contribution is -2.49. The first-order valence-corrected chi connectivity index (χ1v) is 5.44. The van der Waals surface area contributed by atoms with E-state index in [0.29, 0.717) is 26.4 Å². The molecule has 1 aliphatic heterocycles. The van der Waals surface area contributed by atoms with E-state index in [4.69, 9.17) is 20.4 Å². The second kappa shape index (κ2) is 5.83. The lowest BCUT2D eigenvalue weighted by molar-refractivity contribution is -0.129. The molecule has 0 spiro atoms. The maximum atomic E-state index is 11.8. The molecule has 4 N–H and O–H groups in total. The molecule has 1 heterocycles. The molecular weight excluding hydrogens is 226 g/mol. The summed E-state index contributed by atoms with van der Waals surface area (Å²) in [5, 5.41) is 14.1. The fourth-order valence-electron chi connectivity index (χ4n) is 1.32. The number of carbonyl (C=O) groups excluding carboxylic acids is 1. The van der Waals surface area contributed by atoms with Crippen LogP contribution in [0.25, 0.3) is 0 Å². The van der Waals surface area contributed by atoms with Crippen LogP contribution in [0.1, 0.15) is 13.8 Å². The van der Waals surface area contributed by atoms with Gasteiger partial charge in [-0.05, 0) is 13.8 Å². The van der Waals surface area contributed by atoms with Crippen molar-refractivity contribution in [1.82, 2.24) is 5.32 Å². The molecule has 0 aromatic heterocycles. The Kier molecular flexibility index (Phi) is 4.71. The normalized spacial score (nSPS) is 22.2. The van der Waals surface area contributed by atoms with E-state index < -0.39 is 5.41 Å². The number of hydrogen-bond acceptors (Lipinski definition) is 5. The van der Waals surface area contributed by atoms with Gasteiger partial charge in [0.1, 0.15) is 5.41 Å². The fraction of sp³-hybridized carbons (Fsp3) is 0.800. The Bertz CT molecular complexity index is 298. The number of hydrogen-bond donors (Lipinski definition) is 3. The van der Waals surface area contributed by atoms with Crippen LogP contribution in [0.5, 0.6) is 0 Å². The van der Waals surface area contributed by atoms with Gasteiger partial charge < -0.3 is 25.7 Å². The number of rotatable bonds is 4. The third-order valence-electron chi connectivity index (χ3n) is 2.69. The quantitative estimate of drug-likeness (QED) is 0.262. The van der Waals surface area contributed by atoms with Crippen LogP contribution >= 0.6 is 0 Å². The summed E-state index contributed by atoms with van der Waals surface area (Å²) in [4.78, 5) is 11.8. The van der Waals surface area contributed by atoms with Crippen LogP contribution < -0.4 is 11.1 Å². The fourth-order valence-corrected chi connectivity index (χ4v) is 1.32. The minimum absolute atomic E-state index is 0.129. The first-order valence-electron chi connectivity index (χ1n) is 5.44. The summed E-state index contributed by atoms with van der Waals surface area (Å²) in [6.07, 6.45) is -0.143. The lowest BCUT2D eigenvalue weighted by Gasteiger charge is -2.26. The lowest BCUT2D eigenvalue weighted by atomic mass is 9.91. The van der Waals surface area contributed by atoms with E-state index in [0.717, 1.165) is 0 Å². The Morgan fingerprint density at radius 1 is 1.59 bits per heavy atom. The summed E-state index contributed by atoms with van der Waals surface area (Å²) < 4.78 is 10.6. The highest BCUT2D eigenvalue weighted by Gasteiger charge is 2.33. The first-order chi connectivity index (χ1) is 7.98. The van der Waals surface area contributed by atoms with Crippen molar-refractivity contribution in [1.29, 1.82) is 0 Å². The van der Waals surface area contributed by atoms with E-state index in [9.17, 15) is 4.79 Å². The average molecular weight is 245 g/mol. The number of amides is 1. The highest BCUT2D eigenvalue weighted by Crippen LogP contribution is 2.15. The first kappa shape index (κ1) is 13.7. The van der Waals surface area contributed by atoms with Crippen molar-refractivity contribution in [2.75, 3.05) is 26.4 Å². The molecule has 1 atom stereocenters. The van der Waals surface area contributed by atoms with Crippen LogP contribution in [-0.2, 0) is 14.3 Å². The number of oxime groups is 1. The molecule has 1 unspecified atom stereocenters. The van der Waals surface area contributed by atoms with Gasteiger partial charge in [-0.25, -0.2) is 0 Å². The highest BCUT2D eigenvalue weighted by atomic mass is 16.6. The second-order valence-electron chi connectivity index (χ2n) is 4.39. The molecule has 1 saturated heterocycles. The maximum absolute atomic E-state index is 11.8.